The molecule has 4 rings (SSSR count). The molecule has 29 heavy (non-hydrogen) atoms. The molecule has 6 heteroatoms. The molecule has 0 fully saturated rings. The monoisotopic (exact) mass is 397 g/mol. The van der Waals surface area contributed by atoms with Crippen LogP contribution in [0.2, 0.25) is 0 Å². The molecule has 0 saturated heterocycles. The second-order valence-electron chi connectivity index (χ2n) is 7.39. The van der Waals surface area contributed by atoms with Crippen molar-refractivity contribution < 1.29 is 23.1 Å². The summed E-state index contributed by atoms with van der Waals surface area (Å²) in [5.74, 6) is -1.73. The molecule has 4 nitrogen and oxygen atoms in total. The number of hydrogen-bond donors (Lipinski definition) is 1. The first kappa shape index (κ1) is 19.3. The highest BCUT2D eigenvalue weighted by molar-refractivity contribution is 6.02. The molecule has 2 aromatic rings. The van der Waals surface area contributed by atoms with E-state index in [1.165, 1.54) is 0 Å². The Kier molecular flexibility index (Phi) is 5.18. The van der Waals surface area contributed by atoms with Crippen LogP contribution in [0.15, 0.2) is 53.7 Å². The first-order chi connectivity index (χ1) is 14.0. The number of ketones is 1. The number of hydrogen-bond acceptors (Lipinski definition) is 3. The van der Waals surface area contributed by atoms with E-state index in [2.05, 4.69) is 5.32 Å². The van der Waals surface area contributed by atoms with Crippen molar-refractivity contribution in [2.45, 2.75) is 38.0 Å². The molecule has 0 bridgehead atoms. The third kappa shape index (κ3) is 3.79. The van der Waals surface area contributed by atoms with Crippen LogP contribution in [0.5, 0.6) is 5.75 Å². The minimum Gasteiger partial charge on any atom is -0.494 e. The van der Waals surface area contributed by atoms with Crippen LogP contribution >= 0.6 is 0 Å². The van der Waals surface area contributed by atoms with E-state index in [1.54, 1.807) is 0 Å². The van der Waals surface area contributed by atoms with E-state index >= 15 is 0 Å². The fourth-order valence-electron chi connectivity index (χ4n) is 4.25. The van der Waals surface area contributed by atoms with Gasteiger partial charge in [-0.15, -0.1) is 0 Å². The van der Waals surface area contributed by atoms with E-state index in [4.69, 9.17) is 4.74 Å². The molecule has 150 valence electrons. The zero-order valence-electron chi connectivity index (χ0n) is 16.0. The van der Waals surface area contributed by atoms with Gasteiger partial charge in [-0.1, -0.05) is 12.1 Å². The van der Waals surface area contributed by atoms with Crippen LogP contribution in [0, 0.1) is 11.6 Å². The number of Topliss-reactive ketones (excluding diaryl/α,β-unsaturated/α-hetero) is 1. The van der Waals surface area contributed by atoms with Crippen molar-refractivity contribution >= 4 is 11.7 Å². The number of nitrogens with one attached hydrogen (secondary N) is 1. The van der Waals surface area contributed by atoms with Gasteiger partial charge in [-0.25, -0.2) is 8.78 Å². The molecule has 0 radical (unpaired) electrons. The van der Waals surface area contributed by atoms with Crippen molar-refractivity contribution in [3.8, 4) is 5.75 Å². The summed E-state index contributed by atoms with van der Waals surface area (Å²) in [6, 6.07) is 10.7. The van der Waals surface area contributed by atoms with Gasteiger partial charge in [0.05, 0.1) is 6.61 Å². The van der Waals surface area contributed by atoms with E-state index in [1.807, 2.05) is 31.2 Å². The van der Waals surface area contributed by atoms with Gasteiger partial charge in [0.2, 0.25) is 5.91 Å². The molecule has 0 saturated carbocycles. The van der Waals surface area contributed by atoms with Crippen molar-refractivity contribution in [3.63, 3.8) is 0 Å². The quantitative estimate of drug-likeness (QED) is 0.834. The average Bonchev–Trinajstić information content (AvgIpc) is 2.69. The van der Waals surface area contributed by atoms with Crippen molar-refractivity contribution in [3.05, 3.63) is 76.5 Å². The molecule has 0 aromatic heterocycles. The number of allylic oxidation sites excluding steroid dienone is 2. The minimum absolute atomic E-state index is 0.0558. The maximum absolute atomic E-state index is 14.4. The summed E-state index contributed by atoms with van der Waals surface area (Å²) in [5, 5.41) is 2.79. The zero-order valence-corrected chi connectivity index (χ0v) is 16.0. The summed E-state index contributed by atoms with van der Waals surface area (Å²) in [6.45, 7) is 2.48. The molecule has 2 aromatic carbocycles. The van der Waals surface area contributed by atoms with Gasteiger partial charge in [-0.2, -0.15) is 0 Å². The first-order valence-electron chi connectivity index (χ1n) is 9.70. The Morgan fingerprint density at radius 2 is 1.79 bits per heavy atom. The average molecular weight is 397 g/mol. The van der Waals surface area contributed by atoms with Crippen LogP contribution in [0.4, 0.5) is 8.78 Å². The fourth-order valence-corrected chi connectivity index (χ4v) is 4.25. The number of amides is 1. The summed E-state index contributed by atoms with van der Waals surface area (Å²) in [5.41, 5.74) is 1.95. The van der Waals surface area contributed by atoms with Crippen LogP contribution in [0.25, 0.3) is 0 Å². The third-order valence-corrected chi connectivity index (χ3v) is 5.53. The van der Waals surface area contributed by atoms with Gasteiger partial charge >= 0.3 is 0 Å². The van der Waals surface area contributed by atoms with Gasteiger partial charge in [0.25, 0.3) is 0 Å². The van der Waals surface area contributed by atoms with Crippen molar-refractivity contribution in [2.24, 2.45) is 0 Å². The molecule has 1 aliphatic carbocycles. The van der Waals surface area contributed by atoms with Gasteiger partial charge in [0.15, 0.2) is 5.78 Å². The smallest absolute Gasteiger partial charge is 0.225 e. The summed E-state index contributed by atoms with van der Waals surface area (Å²) in [6.07, 6.45) is 0.656. The molecular formula is C23H21F2NO3. The van der Waals surface area contributed by atoms with E-state index in [0.717, 1.165) is 29.5 Å². The third-order valence-electron chi connectivity index (χ3n) is 5.53. The molecule has 2 aliphatic rings. The van der Waals surface area contributed by atoms with Gasteiger partial charge in [-0.3, -0.25) is 9.59 Å². The lowest BCUT2D eigenvalue weighted by Crippen LogP contribution is -2.38. The molecule has 1 N–H and O–H groups in total. The highest BCUT2D eigenvalue weighted by Gasteiger charge is 2.39. The van der Waals surface area contributed by atoms with Crippen LogP contribution in [-0.2, 0) is 9.59 Å². The Morgan fingerprint density at radius 1 is 1.03 bits per heavy atom. The Balaban J connectivity index is 1.67. The van der Waals surface area contributed by atoms with E-state index in [0.29, 0.717) is 24.3 Å². The Hall–Kier alpha value is -3.02. The van der Waals surface area contributed by atoms with Crippen molar-refractivity contribution in [1.82, 2.24) is 5.32 Å². The largest absolute Gasteiger partial charge is 0.494 e. The predicted molar refractivity (Wildman–Crippen MR) is 103 cm³/mol. The molecule has 2 unspecified atom stereocenters. The highest BCUT2D eigenvalue weighted by Crippen LogP contribution is 2.43. The van der Waals surface area contributed by atoms with Gasteiger partial charge in [0.1, 0.15) is 17.4 Å². The second-order valence-corrected chi connectivity index (χ2v) is 7.39. The number of ether oxygens (including phenoxy) is 1. The van der Waals surface area contributed by atoms with Crippen LogP contribution in [-0.4, -0.2) is 18.3 Å². The highest BCUT2D eigenvalue weighted by atomic mass is 19.1. The summed E-state index contributed by atoms with van der Waals surface area (Å²) >= 11 is 0. The molecular weight excluding hydrogens is 376 g/mol. The Morgan fingerprint density at radius 3 is 2.52 bits per heavy atom. The maximum Gasteiger partial charge on any atom is 0.225 e. The SMILES string of the molecule is CCOc1ccc(C2CC(=O)C3=C(C2)NC(=O)CC3c2cc(F)ccc2F)cc1. The van der Waals surface area contributed by atoms with Crippen LogP contribution in [0.1, 0.15) is 49.1 Å². The first-order valence-corrected chi connectivity index (χ1v) is 9.70. The molecule has 0 spiro atoms. The Labute approximate surface area is 167 Å². The van der Waals surface area contributed by atoms with E-state index in [-0.39, 0.29) is 36.0 Å². The zero-order chi connectivity index (χ0) is 20.5. The number of benzene rings is 2. The van der Waals surface area contributed by atoms with Gasteiger partial charge < -0.3 is 10.1 Å². The van der Waals surface area contributed by atoms with Crippen LogP contribution < -0.4 is 10.1 Å². The standard InChI is InChI=1S/C23H21F2NO3/c1-2-29-16-6-3-13(4-7-16)14-9-20-23(21(27)10-14)18(12-22(28)26-20)17-11-15(24)5-8-19(17)25/h3-8,11,14,18H,2,9-10,12H2,1H3,(H,26,28). The Bertz CT molecular complexity index is 998. The van der Waals surface area contributed by atoms with Crippen molar-refractivity contribution in [2.75, 3.05) is 6.61 Å². The fraction of sp³-hybridized carbons (Fsp3) is 0.304. The summed E-state index contributed by atoms with van der Waals surface area (Å²) in [7, 11) is 0. The topological polar surface area (TPSA) is 55.4 Å². The lowest BCUT2D eigenvalue weighted by atomic mass is 9.73. The lowest BCUT2D eigenvalue weighted by molar-refractivity contribution is -0.122. The number of halogens is 2. The molecule has 1 heterocycles. The lowest BCUT2D eigenvalue weighted by Gasteiger charge is -2.34. The molecule has 1 aliphatic heterocycles. The predicted octanol–water partition coefficient (Wildman–Crippen LogP) is 4.37. The number of carbonyl (C=O) groups excluding carboxylic acids is 2. The normalized spacial score (nSPS) is 21.6. The molecule has 1 amide bonds. The summed E-state index contributed by atoms with van der Waals surface area (Å²) in [4.78, 5) is 25.3. The maximum atomic E-state index is 14.4. The minimum atomic E-state index is -0.761. The second kappa shape index (κ2) is 7.78. The number of rotatable bonds is 4. The molecule has 2 atom stereocenters. The van der Waals surface area contributed by atoms with Crippen molar-refractivity contribution in [1.29, 1.82) is 0 Å². The van der Waals surface area contributed by atoms with Gasteiger partial charge in [0, 0.05) is 30.0 Å². The van der Waals surface area contributed by atoms with E-state index in [9.17, 15) is 18.4 Å². The van der Waals surface area contributed by atoms with Gasteiger partial charge in [-0.05, 0) is 60.7 Å². The van der Waals surface area contributed by atoms with Crippen LogP contribution in [0.3, 0.4) is 0 Å². The van der Waals surface area contributed by atoms with E-state index < -0.39 is 17.6 Å². The summed E-state index contributed by atoms with van der Waals surface area (Å²) < 4.78 is 33.5. The number of carbonyl (C=O) groups is 2.